The van der Waals surface area contributed by atoms with Crippen LogP contribution < -0.4 is 10.2 Å². The zero-order valence-corrected chi connectivity index (χ0v) is 17.1. The number of nitrogens with one attached hydrogen (secondary N) is 1. The summed E-state index contributed by atoms with van der Waals surface area (Å²) in [5.74, 6) is -0.0276. The molecule has 1 atom stereocenters. The van der Waals surface area contributed by atoms with E-state index in [-0.39, 0.29) is 19.1 Å². The first-order valence-electron chi connectivity index (χ1n) is 9.95. The van der Waals surface area contributed by atoms with Crippen molar-refractivity contribution in [3.05, 3.63) is 53.5 Å². The van der Waals surface area contributed by atoms with Gasteiger partial charge in [0.25, 0.3) is 0 Å². The van der Waals surface area contributed by atoms with Crippen molar-refractivity contribution < 1.29 is 14.3 Å². The summed E-state index contributed by atoms with van der Waals surface area (Å²) in [7, 11) is 0. The fourth-order valence-corrected chi connectivity index (χ4v) is 3.44. The first kappa shape index (κ1) is 20.6. The van der Waals surface area contributed by atoms with Gasteiger partial charge in [-0.2, -0.15) is 10.1 Å². The van der Waals surface area contributed by atoms with Gasteiger partial charge >= 0.3 is 5.97 Å². The Morgan fingerprint density at radius 1 is 1.21 bits per heavy atom. The van der Waals surface area contributed by atoms with Gasteiger partial charge in [0.15, 0.2) is 0 Å². The molecule has 2 aromatic rings. The van der Waals surface area contributed by atoms with E-state index in [0.717, 1.165) is 18.4 Å². The molecule has 0 saturated carbocycles. The molecule has 1 amide bonds. The summed E-state index contributed by atoms with van der Waals surface area (Å²) in [4.78, 5) is 31.5. The predicted octanol–water partition coefficient (Wildman–Crippen LogP) is 2.44. The minimum Gasteiger partial charge on any atom is -0.463 e. The molecule has 1 aromatic carbocycles. The Morgan fingerprint density at radius 2 is 1.97 bits per heavy atom. The van der Waals surface area contributed by atoms with Crippen molar-refractivity contribution in [2.45, 2.75) is 39.7 Å². The largest absolute Gasteiger partial charge is 0.463 e. The van der Waals surface area contributed by atoms with E-state index in [1.165, 1.54) is 6.33 Å². The summed E-state index contributed by atoms with van der Waals surface area (Å²) in [5.41, 5.74) is 1.99. The minimum atomic E-state index is -0.466. The van der Waals surface area contributed by atoms with Gasteiger partial charge in [0.2, 0.25) is 11.9 Å². The van der Waals surface area contributed by atoms with Gasteiger partial charge in [0, 0.05) is 12.2 Å². The smallest absolute Gasteiger partial charge is 0.338 e. The standard InChI is InChI=1S/C21H27N5O3/c1-4-6-12-22-17(27)13-25-15(3)18(20(28)29-5-2)19(16-10-8-7-9-11-16)26-21(25)23-14-24-26/h7-11,14,19H,4-6,12-13H2,1-3H3,(H,22,27)/t19-/m0/s1. The number of carbonyl (C=O) groups is 2. The quantitative estimate of drug-likeness (QED) is 0.544. The number of nitrogens with zero attached hydrogens (tertiary/aromatic N) is 4. The fourth-order valence-electron chi connectivity index (χ4n) is 3.44. The molecule has 0 radical (unpaired) electrons. The van der Waals surface area contributed by atoms with Crippen LogP contribution in [0.1, 0.15) is 45.2 Å². The maximum Gasteiger partial charge on any atom is 0.338 e. The molecule has 3 rings (SSSR count). The number of unbranched alkanes of at least 4 members (excludes halogenated alkanes) is 1. The van der Waals surface area contributed by atoms with Crippen molar-refractivity contribution in [3.63, 3.8) is 0 Å². The summed E-state index contributed by atoms with van der Waals surface area (Å²) < 4.78 is 7.02. The topological polar surface area (TPSA) is 89.4 Å². The van der Waals surface area contributed by atoms with Crippen LogP contribution in [-0.2, 0) is 14.3 Å². The van der Waals surface area contributed by atoms with Gasteiger partial charge in [-0.1, -0.05) is 43.7 Å². The van der Waals surface area contributed by atoms with Crippen LogP contribution in [0.25, 0.3) is 0 Å². The Hall–Kier alpha value is -3.16. The summed E-state index contributed by atoms with van der Waals surface area (Å²) in [6.07, 6.45) is 3.36. The normalized spacial score (nSPS) is 15.8. The molecule has 154 valence electrons. The molecule has 1 aliphatic rings. The second kappa shape index (κ2) is 9.36. The number of amides is 1. The van der Waals surface area contributed by atoms with Crippen LogP contribution in [0.15, 0.2) is 47.9 Å². The van der Waals surface area contributed by atoms with Crippen molar-refractivity contribution in [1.82, 2.24) is 20.1 Å². The molecule has 0 saturated heterocycles. The molecule has 1 aliphatic heterocycles. The van der Waals surface area contributed by atoms with Gasteiger partial charge in [-0.25, -0.2) is 9.48 Å². The van der Waals surface area contributed by atoms with Gasteiger partial charge in [-0.15, -0.1) is 0 Å². The molecular formula is C21H27N5O3. The number of rotatable bonds is 8. The predicted molar refractivity (Wildman–Crippen MR) is 109 cm³/mol. The van der Waals surface area contributed by atoms with Crippen LogP contribution in [0, 0.1) is 0 Å². The maximum atomic E-state index is 12.9. The summed E-state index contributed by atoms with van der Waals surface area (Å²) in [6, 6.07) is 9.16. The van der Waals surface area contributed by atoms with E-state index < -0.39 is 12.0 Å². The fraction of sp³-hybridized carbons (Fsp3) is 0.429. The van der Waals surface area contributed by atoms with Crippen molar-refractivity contribution >= 4 is 17.8 Å². The van der Waals surface area contributed by atoms with Crippen LogP contribution in [0.2, 0.25) is 0 Å². The lowest BCUT2D eigenvalue weighted by molar-refractivity contribution is -0.139. The molecule has 0 fully saturated rings. The molecule has 0 unspecified atom stereocenters. The zero-order valence-electron chi connectivity index (χ0n) is 17.1. The molecule has 1 aromatic heterocycles. The minimum absolute atomic E-state index is 0.0542. The Labute approximate surface area is 170 Å². The average Bonchev–Trinajstić information content (AvgIpc) is 3.20. The Bertz CT molecular complexity index is 891. The number of benzene rings is 1. The van der Waals surface area contributed by atoms with E-state index in [9.17, 15) is 9.59 Å². The number of carbonyl (C=O) groups excluding carboxylic acids is 2. The molecule has 29 heavy (non-hydrogen) atoms. The highest BCUT2D eigenvalue weighted by molar-refractivity contribution is 5.93. The van der Waals surface area contributed by atoms with Crippen molar-refractivity contribution in [2.75, 3.05) is 24.6 Å². The van der Waals surface area contributed by atoms with Crippen molar-refractivity contribution in [2.24, 2.45) is 0 Å². The van der Waals surface area contributed by atoms with Crippen molar-refractivity contribution in [3.8, 4) is 0 Å². The molecule has 8 nitrogen and oxygen atoms in total. The van der Waals surface area contributed by atoms with Gasteiger partial charge in [-0.05, 0) is 25.8 Å². The Morgan fingerprint density at radius 3 is 2.66 bits per heavy atom. The summed E-state index contributed by atoms with van der Waals surface area (Å²) in [6.45, 7) is 6.60. The monoisotopic (exact) mass is 397 g/mol. The first-order chi connectivity index (χ1) is 14.1. The van der Waals surface area contributed by atoms with E-state index in [1.807, 2.05) is 37.3 Å². The Balaban J connectivity index is 2.01. The number of ether oxygens (including phenoxy) is 1. The van der Waals surface area contributed by atoms with Crippen LogP contribution in [-0.4, -0.2) is 46.3 Å². The summed E-state index contributed by atoms with van der Waals surface area (Å²) >= 11 is 0. The van der Waals surface area contributed by atoms with E-state index >= 15 is 0 Å². The van der Waals surface area contributed by atoms with E-state index in [1.54, 1.807) is 16.5 Å². The van der Waals surface area contributed by atoms with Crippen molar-refractivity contribution in [1.29, 1.82) is 0 Å². The highest BCUT2D eigenvalue weighted by Gasteiger charge is 2.38. The van der Waals surface area contributed by atoms with E-state index in [4.69, 9.17) is 4.74 Å². The SMILES string of the molecule is CCCCNC(=O)CN1C(C)=C(C(=O)OCC)[C@H](c2ccccc2)n2ncnc21. The number of esters is 1. The number of hydrogen-bond donors (Lipinski definition) is 1. The molecule has 0 bridgehead atoms. The van der Waals surface area contributed by atoms with Gasteiger partial charge in [0.1, 0.15) is 18.9 Å². The highest BCUT2D eigenvalue weighted by Crippen LogP contribution is 2.38. The lowest BCUT2D eigenvalue weighted by Crippen LogP contribution is -2.42. The molecule has 8 heteroatoms. The van der Waals surface area contributed by atoms with E-state index in [0.29, 0.717) is 23.8 Å². The number of fused-ring (bicyclic) bond motifs is 1. The summed E-state index contributed by atoms with van der Waals surface area (Å²) in [5, 5.41) is 7.27. The van der Waals surface area contributed by atoms with Crippen LogP contribution in [0.3, 0.4) is 0 Å². The van der Waals surface area contributed by atoms with Gasteiger partial charge in [-0.3, -0.25) is 4.79 Å². The third kappa shape index (κ3) is 4.31. The molecular weight excluding hydrogens is 370 g/mol. The maximum absolute atomic E-state index is 12.9. The van der Waals surface area contributed by atoms with Gasteiger partial charge < -0.3 is 15.0 Å². The zero-order chi connectivity index (χ0) is 20.8. The molecule has 0 aliphatic carbocycles. The number of allylic oxidation sites excluding steroid dienone is 1. The lowest BCUT2D eigenvalue weighted by Gasteiger charge is -2.35. The average molecular weight is 397 g/mol. The third-order valence-corrected chi connectivity index (χ3v) is 4.87. The number of anilines is 1. The Kier molecular flexibility index (Phi) is 6.64. The molecule has 1 N–H and O–H groups in total. The highest BCUT2D eigenvalue weighted by atomic mass is 16.5. The second-order valence-electron chi connectivity index (χ2n) is 6.83. The van der Waals surface area contributed by atoms with Gasteiger partial charge in [0.05, 0.1) is 12.2 Å². The number of aromatic nitrogens is 3. The number of hydrogen-bond acceptors (Lipinski definition) is 6. The second-order valence-corrected chi connectivity index (χ2v) is 6.83. The molecule has 0 spiro atoms. The van der Waals surface area contributed by atoms with Crippen LogP contribution in [0.5, 0.6) is 0 Å². The van der Waals surface area contributed by atoms with Crippen LogP contribution in [0.4, 0.5) is 5.95 Å². The molecule has 2 heterocycles. The lowest BCUT2D eigenvalue weighted by atomic mass is 9.95. The van der Waals surface area contributed by atoms with Crippen LogP contribution >= 0.6 is 0 Å². The third-order valence-electron chi connectivity index (χ3n) is 4.87. The first-order valence-corrected chi connectivity index (χ1v) is 9.95. The van der Waals surface area contributed by atoms with E-state index in [2.05, 4.69) is 22.3 Å².